The molecule has 0 fully saturated rings. The van der Waals surface area contributed by atoms with Gasteiger partial charge in [0.05, 0.1) is 5.56 Å². The van der Waals surface area contributed by atoms with Crippen LogP contribution in [0.15, 0.2) is 36.4 Å². The normalized spacial score (nSPS) is 10.3. The van der Waals surface area contributed by atoms with Gasteiger partial charge in [0.15, 0.2) is 6.61 Å². The van der Waals surface area contributed by atoms with Crippen LogP contribution in [0.25, 0.3) is 0 Å². The fraction of sp³-hybridized carbons (Fsp3) is 0.176. The van der Waals surface area contributed by atoms with Gasteiger partial charge in [-0.3, -0.25) is 4.79 Å². The van der Waals surface area contributed by atoms with E-state index in [-0.39, 0.29) is 0 Å². The Morgan fingerprint density at radius 1 is 1.04 bits per heavy atom. The third-order valence-corrected chi connectivity index (χ3v) is 3.27. The standard InChI is InChI=1S/C17H15F2NO3/c1-10-3-5-13(7-11(10)2)20-16(21)9-23-17(22)14-8-12(18)4-6-15(14)19/h3-8H,9H2,1-2H3,(H,20,21). The molecule has 2 aromatic carbocycles. The molecule has 0 aliphatic heterocycles. The summed E-state index contributed by atoms with van der Waals surface area (Å²) in [6.07, 6.45) is 0. The van der Waals surface area contributed by atoms with Gasteiger partial charge in [0.2, 0.25) is 0 Å². The Kier molecular flexibility index (Phi) is 5.05. The van der Waals surface area contributed by atoms with Gasteiger partial charge < -0.3 is 10.1 Å². The lowest BCUT2D eigenvalue weighted by molar-refractivity contribution is -0.119. The van der Waals surface area contributed by atoms with E-state index >= 15 is 0 Å². The fourth-order valence-corrected chi connectivity index (χ4v) is 1.88. The molecule has 0 radical (unpaired) electrons. The number of rotatable bonds is 4. The molecule has 2 rings (SSSR count). The average Bonchev–Trinajstić information content (AvgIpc) is 2.51. The number of amides is 1. The van der Waals surface area contributed by atoms with Crippen LogP contribution in [0.4, 0.5) is 14.5 Å². The lowest BCUT2D eigenvalue weighted by Crippen LogP contribution is -2.21. The SMILES string of the molecule is Cc1ccc(NC(=O)COC(=O)c2cc(F)ccc2F)cc1C. The molecule has 0 aromatic heterocycles. The first-order valence-corrected chi connectivity index (χ1v) is 6.86. The molecule has 0 bridgehead atoms. The van der Waals surface area contributed by atoms with Crippen LogP contribution in [0.2, 0.25) is 0 Å². The van der Waals surface area contributed by atoms with Crippen molar-refractivity contribution in [3.63, 3.8) is 0 Å². The third kappa shape index (κ3) is 4.35. The number of hydrogen-bond donors (Lipinski definition) is 1. The molecule has 1 amide bonds. The molecule has 4 nitrogen and oxygen atoms in total. The second-order valence-electron chi connectivity index (χ2n) is 5.05. The highest BCUT2D eigenvalue weighted by atomic mass is 19.1. The highest BCUT2D eigenvalue weighted by molar-refractivity contribution is 5.95. The molecule has 23 heavy (non-hydrogen) atoms. The molecule has 120 valence electrons. The molecule has 0 spiro atoms. The van der Waals surface area contributed by atoms with Crippen molar-refractivity contribution in [2.45, 2.75) is 13.8 Å². The van der Waals surface area contributed by atoms with Crippen molar-refractivity contribution in [2.24, 2.45) is 0 Å². The highest BCUT2D eigenvalue weighted by Crippen LogP contribution is 2.14. The van der Waals surface area contributed by atoms with Gasteiger partial charge in [0.25, 0.3) is 5.91 Å². The molecule has 0 atom stereocenters. The summed E-state index contributed by atoms with van der Waals surface area (Å²) in [6.45, 7) is 3.25. The van der Waals surface area contributed by atoms with Crippen LogP contribution < -0.4 is 5.32 Å². The van der Waals surface area contributed by atoms with Gasteiger partial charge in [0.1, 0.15) is 11.6 Å². The second kappa shape index (κ2) is 7.00. The number of esters is 1. The molecule has 2 aromatic rings. The first-order valence-electron chi connectivity index (χ1n) is 6.86. The molecular formula is C17H15F2NO3. The van der Waals surface area contributed by atoms with Crippen molar-refractivity contribution >= 4 is 17.6 Å². The summed E-state index contributed by atoms with van der Waals surface area (Å²) < 4.78 is 31.1. The summed E-state index contributed by atoms with van der Waals surface area (Å²) in [5.74, 6) is -3.35. The lowest BCUT2D eigenvalue weighted by atomic mass is 10.1. The van der Waals surface area contributed by atoms with Crippen LogP contribution in [0.1, 0.15) is 21.5 Å². The third-order valence-electron chi connectivity index (χ3n) is 3.27. The van der Waals surface area contributed by atoms with Crippen molar-refractivity contribution in [2.75, 3.05) is 11.9 Å². The van der Waals surface area contributed by atoms with Crippen LogP contribution in [0, 0.1) is 25.5 Å². The molecule has 6 heteroatoms. The molecule has 1 N–H and O–H groups in total. The number of benzene rings is 2. The predicted octanol–water partition coefficient (Wildman–Crippen LogP) is 3.38. The van der Waals surface area contributed by atoms with E-state index in [1.54, 1.807) is 12.1 Å². The van der Waals surface area contributed by atoms with E-state index in [1.165, 1.54) is 0 Å². The zero-order chi connectivity index (χ0) is 17.0. The van der Waals surface area contributed by atoms with E-state index in [0.29, 0.717) is 5.69 Å². The Bertz CT molecular complexity index is 759. The van der Waals surface area contributed by atoms with Crippen LogP contribution in [-0.4, -0.2) is 18.5 Å². The van der Waals surface area contributed by atoms with Crippen LogP contribution in [0.5, 0.6) is 0 Å². The summed E-state index contributed by atoms with van der Waals surface area (Å²) in [5, 5.41) is 2.56. The van der Waals surface area contributed by atoms with Crippen LogP contribution >= 0.6 is 0 Å². The van der Waals surface area contributed by atoms with Gasteiger partial charge in [-0.15, -0.1) is 0 Å². The first kappa shape index (κ1) is 16.6. The zero-order valence-corrected chi connectivity index (χ0v) is 12.7. The lowest BCUT2D eigenvalue weighted by Gasteiger charge is -2.09. The summed E-state index contributed by atoms with van der Waals surface area (Å²) >= 11 is 0. The Morgan fingerprint density at radius 3 is 2.48 bits per heavy atom. The number of halogens is 2. The number of ether oxygens (including phenoxy) is 1. The van der Waals surface area contributed by atoms with Crippen molar-refractivity contribution in [1.82, 2.24) is 0 Å². The summed E-state index contributed by atoms with van der Waals surface area (Å²) in [4.78, 5) is 23.4. The number of hydrogen-bond acceptors (Lipinski definition) is 3. The molecule has 0 unspecified atom stereocenters. The molecule has 0 saturated carbocycles. The molecular weight excluding hydrogens is 304 g/mol. The van der Waals surface area contributed by atoms with Crippen molar-refractivity contribution < 1.29 is 23.1 Å². The molecule has 0 saturated heterocycles. The van der Waals surface area contributed by atoms with E-state index in [1.807, 2.05) is 19.9 Å². The fourth-order valence-electron chi connectivity index (χ4n) is 1.88. The highest BCUT2D eigenvalue weighted by Gasteiger charge is 2.16. The minimum atomic E-state index is -1.10. The van der Waals surface area contributed by atoms with E-state index in [9.17, 15) is 18.4 Å². The van der Waals surface area contributed by atoms with Crippen LogP contribution in [-0.2, 0) is 9.53 Å². The minimum Gasteiger partial charge on any atom is -0.452 e. The minimum absolute atomic E-state index is 0.552. The van der Waals surface area contributed by atoms with Crippen molar-refractivity contribution in [3.8, 4) is 0 Å². The summed E-state index contributed by atoms with van der Waals surface area (Å²) in [7, 11) is 0. The van der Waals surface area contributed by atoms with Gasteiger partial charge in [0, 0.05) is 5.69 Å². The Morgan fingerprint density at radius 2 is 1.78 bits per heavy atom. The summed E-state index contributed by atoms with van der Waals surface area (Å²) in [6, 6.07) is 7.77. The van der Waals surface area contributed by atoms with Crippen LogP contribution in [0.3, 0.4) is 0 Å². The number of carbonyl (C=O) groups is 2. The van der Waals surface area contributed by atoms with Gasteiger partial charge in [-0.25, -0.2) is 13.6 Å². The average molecular weight is 319 g/mol. The van der Waals surface area contributed by atoms with Gasteiger partial charge in [-0.2, -0.15) is 0 Å². The number of carbonyl (C=O) groups excluding carboxylic acids is 2. The van der Waals surface area contributed by atoms with E-state index in [4.69, 9.17) is 4.74 Å². The number of aryl methyl sites for hydroxylation is 2. The van der Waals surface area contributed by atoms with Gasteiger partial charge in [-0.05, 0) is 55.3 Å². The van der Waals surface area contributed by atoms with Gasteiger partial charge in [-0.1, -0.05) is 6.07 Å². The Hall–Kier alpha value is -2.76. The summed E-state index contributed by atoms with van der Waals surface area (Å²) in [5.41, 5.74) is 2.09. The van der Waals surface area contributed by atoms with Gasteiger partial charge >= 0.3 is 5.97 Å². The smallest absolute Gasteiger partial charge is 0.341 e. The Labute approximate surface area is 132 Å². The maximum absolute atomic E-state index is 13.4. The molecule has 0 aliphatic rings. The Balaban J connectivity index is 1.94. The zero-order valence-electron chi connectivity index (χ0n) is 12.7. The van der Waals surface area contributed by atoms with Crippen molar-refractivity contribution in [1.29, 1.82) is 0 Å². The second-order valence-corrected chi connectivity index (χ2v) is 5.05. The quantitative estimate of drug-likeness (QED) is 0.879. The first-order chi connectivity index (χ1) is 10.9. The molecule has 0 aliphatic carbocycles. The largest absolute Gasteiger partial charge is 0.452 e. The monoisotopic (exact) mass is 319 g/mol. The van der Waals surface area contributed by atoms with E-state index < -0.39 is 35.7 Å². The topological polar surface area (TPSA) is 55.4 Å². The molecule has 0 heterocycles. The maximum atomic E-state index is 13.4. The predicted molar refractivity (Wildman–Crippen MR) is 81.2 cm³/mol. The number of anilines is 1. The van der Waals surface area contributed by atoms with Crippen molar-refractivity contribution in [3.05, 3.63) is 64.7 Å². The maximum Gasteiger partial charge on any atom is 0.341 e. The van der Waals surface area contributed by atoms with E-state index in [2.05, 4.69) is 5.32 Å². The number of nitrogens with one attached hydrogen (secondary N) is 1. The van der Waals surface area contributed by atoms with E-state index in [0.717, 1.165) is 29.3 Å².